The molecule has 1 saturated heterocycles. The molecule has 0 spiro atoms. The quantitative estimate of drug-likeness (QED) is 0.767. The molecular formula is C13H11BrN2O2S2. The van der Waals surface area contributed by atoms with E-state index in [1.54, 1.807) is 23.5 Å². The molecule has 104 valence electrons. The minimum absolute atomic E-state index is 0.186. The predicted molar refractivity (Wildman–Crippen MR) is 83.1 cm³/mol. The van der Waals surface area contributed by atoms with Crippen LogP contribution >= 0.6 is 39.5 Å². The molecule has 3 rings (SSSR count). The van der Waals surface area contributed by atoms with Crippen LogP contribution in [0, 0.1) is 0 Å². The molecule has 0 saturated carbocycles. The van der Waals surface area contributed by atoms with Crippen LogP contribution < -0.4 is 0 Å². The Labute approximate surface area is 133 Å². The van der Waals surface area contributed by atoms with Gasteiger partial charge in [-0.2, -0.15) is 16.7 Å². The number of hydrogen-bond acceptors (Lipinski definition) is 6. The molecule has 0 radical (unpaired) electrons. The van der Waals surface area contributed by atoms with Crippen molar-refractivity contribution >= 4 is 45.2 Å². The second kappa shape index (κ2) is 6.32. The summed E-state index contributed by atoms with van der Waals surface area (Å²) in [6.45, 7) is 0. The molecule has 20 heavy (non-hydrogen) atoms. The summed E-state index contributed by atoms with van der Waals surface area (Å²) in [5, 5.41) is 3.95. The summed E-state index contributed by atoms with van der Waals surface area (Å²) >= 11 is 6.67. The van der Waals surface area contributed by atoms with Gasteiger partial charge in [-0.15, -0.1) is 11.8 Å². The van der Waals surface area contributed by atoms with Gasteiger partial charge in [0.1, 0.15) is 5.92 Å². The Bertz CT molecular complexity index is 615. The lowest BCUT2D eigenvalue weighted by atomic mass is 10.1. The SMILES string of the molecule is O=C1CSCC1c1nc(CSc2ccc(Br)cc2)no1. The first-order chi connectivity index (χ1) is 9.72. The maximum atomic E-state index is 11.6. The van der Waals surface area contributed by atoms with Gasteiger partial charge in [0, 0.05) is 15.1 Å². The molecule has 1 fully saturated rings. The Hall–Kier alpha value is -0.790. The Kier molecular flexibility index (Phi) is 4.48. The summed E-state index contributed by atoms with van der Waals surface area (Å²) in [4.78, 5) is 17.1. The van der Waals surface area contributed by atoms with Crippen LogP contribution in [-0.4, -0.2) is 27.4 Å². The van der Waals surface area contributed by atoms with Crippen LogP contribution in [0.5, 0.6) is 0 Å². The summed E-state index contributed by atoms with van der Waals surface area (Å²) in [6.07, 6.45) is 0. The van der Waals surface area contributed by atoms with Crippen molar-refractivity contribution in [3.05, 3.63) is 40.5 Å². The first kappa shape index (κ1) is 14.2. The highest BCUT2D eigenvalue weighted by Gasteiger charge is 2.31. The van der Waals surface area contributed by atoms with Gasteiger partial charge in [0.05, 0.1) is 11.5 Å². The van der Waals surface area contributed by atoms with Crippen LogP contribution in [0.3, 0.4) is 0 Å². The standard InChI is InChI=1S/C13H11BrN2O2S2/c14-8-1-3-9(4-2-8)20-7-12-15-13(18-16-12)10-5-19-6-11(10)17/h1-4,10H,5-7H2. The van der Waals surface area contributed by atoms with Crippen LogP contribution in [0.15, 0.2) is 38.2 Å². The summed E-state index contributed by atoms with van der Waals surface area (Å²) in [5.41, 5.74) is 0. The van der Waals surface area contributed by atoms with Crippen molar-refractivity contribution in [2.24, 2.45) is 0 Å². The lowest BCUT2D eigenvalue weighted by molar-refractivity contribution is -0.117. The third-order valence-corrected chi connectivity index (χ3v) is 5.48. The fourth-order valence-electron chi connectivity index (χ4n) is 1.83. The van der Waals surface area contributed by atoms with Gasteiger partial charge in [0.15, 0.2) is 11.6 Å². The number of benzene rings is 1. The minimum atomic E-state index is -0.209. The van der Waals surface area contributed by atoms with E-state index in [1.165, 1.54) is 0 Å². The number of halogens is 1. The molecule has 7 heteroatoms. The van der Waals surface area contributed by atoms with Gasteiger partial charge < -0.3 is 4.52 Å². The first-order valence-corrected chi connectivity index (χ1v) is 8.97. The average molecular weight is 371 g/mol. The number of rotatable bonds is 4. The van der Waals surface area contributed by atoms with Crippen molar-refractivity contribution in [1.82, 2.24) is 10.1 Å². The Balaban J connectivity index is 1.62. The van der Waals surface area contributed by atoms with Crippen molar-refractivity contribution in [3.8, 4) is 0 Å². The second-order valence-electron chi connectivity index (χ2n) is 4.33. The van der Waals surface area contributed by atoms with E-state index in [0.29, 0.717) is 23.2 Å². The van der Waals surface area contributed by atoms with Crippen molar-refractivity contribution in [2.45, 2.75) is 16.6 Å². The number of carbonyl (C=O) groups excluding carboxylic acids is 1. The van der Waals surface area contributed by atoms with E-state index in [9.17, 15) is 4.79 Å². The van der Waals surface area contributed by atoms with Crippen molar-refractivity contribution in [2.75, 3.05) is 11.5 Å². The Morgan fingerprint density at radius 2 is 2.20 bits per heavy atom. The fourth-order valence-corrected chi connectivity index (χ4v) is 3.92. The van der Waals surface area contributed by atoms with E-state index in [0.717, 1.165) is 15.1 Å². The molecule has 0 amide bonds. The Morgan fingerprint density at radius 1 is 1.40 bits per heavy atom. The van der Waals surface area contributed by atoms with Crippen molar-refractivity contribution in [1.29, 1.82) is 0 Å². The fraction of sp³-hybridized carbons (Fsp3) is 0.308. The molecule has 2 aromatic rings. The number of ketones is 1. The molecule has 0 N–H and O–H groups in total. The highest BCUT2D eigenvalue weighted by Crippen LogP contribution is 2.29. The first-order valence-electron chi connectivity index (χ1n) is 6.03. The predicted octanol–water partition coefficient (Wildman–Crippen LogP) is 3.52. The average Bonchev–Trinajstić information content (AvgIpc) is 3.06. The molecule has 1 aromatic heterocycles. The van der Waals surface area contributed by atoms with Gasteiger partial charge in [0.25, 0.3) is 0 Å². The number of aromatic nitrogens is 2. The molecule has 0 bridgehead atoms. The highest BCUT2D eigenvalue weighted by molar-refractivity contribution is 9.10. The van der Waals surface area contributed by atoms with E-state index in [2.05, 4.69) is 26.1 Å². The van der Waals surface area contributed by atoms with Crippen LogP contribution in [0.25, 0.3) is 0 Å². The molecule has 0 aliphatic carbocycles. The maximum absolute atomic E-state index is 11.6. The van der Waals surface area contributed by atoms with Gasteiger partial charge in [-0.3, -0.25) is 4.79 Å². The number of Topliss-reactive ketones (excluding diaryl/α,β-unsaturated/α-hetero) is 1. The summed E-state index contributed by atoms with van der Waals surface area (Å²) < 4.78 is 6.27. The number of carbonyl (C=O) groups is 1. The van der Waals surface area contributed by atoms with Gasteiger partial charge in [0.2, 0.25) is 5.89 Å². The largest absolute Gasteiger partial charge is 0.338 e. The summed E-state index contributed by atoms with van der Waals surface area (Å²) in [5.74, 6) is 3.02. The van der Waals surface area contributed by atoms with Crippen LogP contribution in [-0.2, 0) is 10.5 Å². The smallest absolute Gasteiger partial charge is 0.238 e. The van der Waals surface area contributed by atoms with Gasteiger partial charge in [-0.25, -0.2) is 0 Å². The summed E-state index contributed by atoms with van der Waals surface area (Å²) in [6, 6.07) is 8.07. The minimum Gasteiger partial charge on any atom is -0.338 e. The topological polar surface area (TPSA) is 56.0 Å². The zero-order valence-electron chi connectivity index (χ0n) is 10.4. The molecular weight excluding hydrogens is 360 g/mol. The number of hydrogen-bond donors (Lipinski definition) is 0. The number of thioether (sulfide) groups is 2. The van der Waals surface area contributed by atoms with E-state index >= 15 is 0 Å². The van der Waals surface area contributed by atoms with Gasteiger partial charge >= 0.3 is 0 Å². The normalized spacial score (nSPS) is 18.6. The lowest BCUT2D eigenvalue weighted by Crippen LogP contribution is -2.09. The van der Waals surface area contributed by atoms with Crippen LogP contribution in [0.4, 0.5) is 0 Å². The van der Waals surface area contributed by atoms with Gasteiger partial charge in [-0.1, -0.05) is 21.1 Å². The molecule has 1 unspecified atom stereocenters. The lowest BCUT2D eigenvalue weighted by Gasteiger charge is -1.99. The van der Waals surface area contributed by atoms with Gasteiger partial charge in [-0.05, 0) is 24.3 Å². The van der Waals surface area contributed by atoms with Crippen LogP contribution in [0.2, 0.25) is 0 Å². The maximum Gasteiger partial charge on any atom is 0.238 e. The zero-order valence-corrected chi connectivity index (χ0v) is 13.6. The summed E-state index contributed by atoms with van der Waals surface area (Å²) in [7, 11) is 0. The van der Waals surface area contributed by atoms with E-state index in [4.69, 9.17) is 4.52 Å². The zero-order chi connectivity index (χ0) is 13.9. The third kappa shape index (κ3) is 3.27. The molecule has 1 aliphatic rings. The second-order valence-corrected chi connectivity index (χ2v) is 7.32. The van der Waals surface area contributed by atoms with Crippen molar-refractivity contribution in [3.63, 3.8) is 0 Å². The molecule has 4 nitrogen and oxygen atoms in total. The molecule has 1 atom stereocenters. The third-order valence-electron chi connectivity index (χ3n) is 2.88. The van der Waals surface area contributed by atoms with Crippen LogP contribution in [0.1, 0.15) is 17.6 Å². The van der Waals surface area contributed by atoms with E-state index < -0.39 is 0 Å². The van der Waals surface area contributed by atoms with E-state index in [1.807, 2.05) is 24.3 Å². The molecule has 1 aliphatic heterocycles. The highest BCUT2D eigenvalue weighted by atomic mass is 79.9. The molecule has 1 aromatic carbocycles. The van der Waals surface area contributed by atoms with Crippen molar-refractivity contribution < 1.29 is 9.32 Å². The van der Waals surface area contributed by atoms with E-state index in [-0.39, 0.29) is 11.7 Å². The number of nitrogens with zero attached hydrogens (tertiary/aromatic N) is 2. The Morgan fingerprint density at radius 3 is 2.90 bits per heavy atom. The monoisotopic (exact) mass is 370 g/mol. The molecule has 2 heterocycles.